The van der Waals surface area contributed by atoms with Crippen molar-refractivity contribution < 1.29 is 24.1 Å². The molecule has 0 aliphatic rings. The van der Waals surface area contributed by atoms with Crippen LogP contribution in [-0.4, -0.2) is 49.9 Å². The third kappa shape index (κ3) is 8.00. The van der Waals surface area contributed by atoms with E-state index >= 15 is 0 Å². The maximum Gasteiger partial charge on any atom is 0.167 e. The number of ether oxygens (including phenoxy) is 3. The highest BCUT2D eigenvalue weighted by atomic mass is 16.5. The SMILES string of the molecule is CC(=O)COc1ccc(OCCNCC(O)COc2ccccc2)cc1. The van der Waals surface area contributed by atoms with Gasteiger partial charge in [-0.3, -0.25) is 4.79 Å². The molecule has 1 atom stereocenters. The monoisotopic (exact) mass is 359 g/mol. The van der Waals surface area contributed by atoms with Crippen molar-refractivity contribution >= 4 is 5.78 Å². The summed E-state index contributed by atoms with van der Waals surface area (Å²) in [5.41, 5.74) is 0. The minimum atomic E-state index is -0.590. The minimum absolute atomic E-state index is 0.0206. The molecule has 2 N–H and O–H groups in total. The Morgan fingerprint density at radius 3 is 2.23 bits per heavy atom. The van der Waals surface area contributed by atoms with E-state index < -0.39 is 6.10 Å². The zero-order chi connectivity index (χ0) is 18.6. The summed E-state index contributed by atoms with van der Waals surface area (Å²) in [5, 5.41) is 13.0. The van der Waals surface area contributed by atoms with Crippen molar-refractivity contribution in [2.24, 2.45) is 0 Å². The fraction of sp³-hybridized carbons (Fsp3) is 0.350. The molecule has 2 rings (SSSR count). The Kier molecular flexibility index (Phi) is 8.45. The summed E-state index contributed by atoms with van der Waals surface area (Å²) in [6, 6.07) is 16.5. The van der Waals surface area contributed by atoms with E-state index in [1.165, 1.54) is 6.92 Å². The Morgan fingerprint density at radius 2 is 1.58 bits per heavy atom. The lowest BCUT2D eigenvalue weighted by molar-refractivity contribution is -0.118. The van der Waals surface area contributed by atoms with Crippen molar-refractivity contribution in [3.63, 3.8) is 0 Å². The predicted molar refractivity (Wildman–Crippen MR) is 98.9 cm³/mol. The lowest BCUT2D eigenvalue weighted by Gasteiger charge is -2.13. The van der Waals surface area contributed by atoms with Crippen molar-refractivity contribution in [2.45, 2.75) is 13.0 Å². The Balaban J connectivity index is 1.55. The third-order valence-corrected chi connectivity index (χ3v) is 3.38. The number of hydrogen-bond acceptors (Lipinski definition) is 6. The lowest BCUT2D eigenvalue weighted by Crippen LogP contribution is -2.33. The molecule has 0 saturated carbocycles. The van der Waals surface area contributed by atoms with Crippen LogP contribution in [0.25, 0.3) is 0 Å². The van der Waals surface area contributed by atoms with Gasteiger partial charge in [-0.15, -0.1) is 0 Å². The smallest absolute Gasteiger partial charge is 0.167 e. The number of carbonyl (C=O) groups excluding carboxylic acids is 1. The van der Waals surface area contributed by atoms with E-state index in [0.717, 1.165) is 11.5 Å². The molecule has 1 unspecified atom stereocenters. The van der Waals surface area contributed by atoms with Gasteiger partial charge in [0, 0.05) is 13.1 Å². The second-order valence-electron chi connectivity index (χ2n) is 5.79. The van der Waals surface area contributed by atoms with Crippen LogP contribution in [0.15, 0.2) is 54.6 Å². The van der Waals surface area contributed by atoms with E-state index in [-0.39, 0.29) is 19.0 Å². The first-order valence-electron chi connectivity index (χ1n) is 8.55. The van der Waals surface area contributed by atoms with Crippen LogP contribution >= 0.6 is 0 Å². The van der Waals surface area contributed by atoms with Crippen LogP contribution in [0.4, 0.5) is 0 Å². The number of aliphatic hydroxyl groups is 1. The summed E-state index contributed by atoms with van der Waals surface area (Å²) in [6.07, 6.45) is -0.590. The molecule has 140 valence electrons. The van der Waals surface area contributed by atoms with Gasteiger partial charge in [0.15, 0.2) is 5.78 Å². The fourth-order valence-electron chi connectivity index (χ4n) is 2.09. The van der Waals surface area contributed by atoms with Crippen LogP contribution in [0.3, 0.4) is 0 Å². The van der Waals surface area contributed by atoms with Crippen LogP contribution in [0.2, 0.25) is 0 Å². The van der Waals surface area contributed by atoms with Gasteiger partial charge >= 0.3 is 0 Å². The summed E-state index contributed by atoms with van der Waals surface area (Å²) in [4.78, 5) is 10.9. The molecular formula is C20H25NO5. The Hall–Kier alpha value is -2.57. The Bertz CT molecular complexity index is 645. The first kappa shape index (κ1) is 19.8. The number of rotatable bonds is 12. The molecule has 0 heterocycles. The molecule has 0 aromatic heterocycles. The summed E-state index contributed by atoms with van der Waals surface area (Å²) < 4.78 is 16.4. The number of para-hydroxylation sites is 1. The molecule has 0 aliphatic carbocycles. The van der Waals surface area contributed by atoms with Crippen molar-refractivity contribution in [3.05, 3.63) is 54.6 Å². The van der Waals surface area contributed by atoms with E-state index in [0.29, 0.717) is 25.4 Å². The summed E-state index contributed by atoms with van der Waals surface area (Å²) in [6.45, 7) is 3.29. The van der Waals surface area contributed by atoms with Gasteiger partial charge < -0.3 is 24.6 Å². The van der Waals surface area contributed by atoms with Gasteiger partial charge in [-0.1, -0.05) is 18.2 Å². The van der Waals surface area contributed by atoms with Crippen LogP contribution in [0, 0.1) is 0 Å². The zero-order valence-corrected chi connectivity index (χ0v) is 14.9. The van der Waals surface area contributed by atoms with Crippen LogP contribution in [0.1, 0.15) is 6.92 Å². The highest BCUT2D eigenvalue weighted by Crippen LogP contribution is 2.17. The lowest BCUT2D eigenvalue weighted by atomic mass is 10.3. The molecule has 0 saturated heterocycles. The number of Topliss-reactive ketones (excluding diaryl/α,β-unsaturated/α-hetero) is 1. The van der Waals surface area contributed by atoms with E-state index in [1.807, 2.05) is 30.3 Å². The van der Waals surface area contributed by atoms with Crippen LogP contribution in [-0.2, 0) is 4.79 Å². The molecule has 0 aliphatic heterocycles. The Labute approximate surface area is 153 Å². The number of ketones is 1. The summed E-state index contributed by atoms with van der Waals surface area (Å²) in [5.74, 6) is 2.07. The van der Waals surface area contributed by atoms with Gasteiger partial charge in [0.1, 0.15) is 43.2 Å². The highest BCUT2D eigenvalue weighted by Gasteiger charge is 2.05. The predicted octanol–water partition coefficient (Wildman–Crippen LogP) is 2.06. The normalized spacial score (nSPS) is 11.6. The van der Waals surface area contributed by atoms with Gasteiger partial charge in [0.25, 0.3) is 0 Å². The molecule has 26 heavy (non-hydrogen) atoms. The van der Waals surface area contributed by atoms with Crippen molar-refractivity contribution in [2.75, 3.05) is 32.9 Å². The molecule has 0 radical (unpaired) electrons. The van der Waals surface area contributed by atoms with Gasteiger partial charge in [0.2, 0.25) is 0 Å². The van der Waals surface area contributed by atoms with E-state index in [2.05, 4.69) is 5.32 Å². The minimum Gasteiger partial charge on any atom is -0.492 e. The summed E-state index contributed by atoms with van der Waals surface area (Å²) >= 11 is 0. The van der Waals surface area contributed by atoms with Crippen LogP contribution < -0.4 is 19.5 Å². The maximum atomic E-state index is 10.9. The van der Waals surface area contributed by atoms with Crippen LogP contribution in [0.5, 0.6) is 17.2 Å². The van der Waals surface area contributed by atoms with Gasteiger partial charge in [0.05, 0.1) is 0 Å². The molecule has 6 heteroatoms. The Morgan fingerprint density at radius 1 is 0.962 bits per heavy atom. The third-order valence-electron chi connectivity index (χ3n) is 3.38. The molecule has 2 aromatic rings. The fourth-order valence-corrected chi connectivity index (χ4v) is 2.09. The quantitative estimate of drug-likeness (QED) is 0.565. The van der Waals surface area contributed by atoms with Crippen molar-refractivity contribution in [1.82, 2.24) is 5.32 Å². The maximum absolute atomic E-state index is 10.9. The largest absolute Gasteiger partial charge is 0.492 e. The van der Waals surface area contributed by atoms with E-state index in [9.17, 15) is 9.90 Å². The number of hydrogen-bond donors (Lipinski definition) is 2. The molecule has 0 spiro atoms. The van der Waals surface area contributed by atoms with Crippen molar-refractivity contribution in [1.29, 1.82) is 0 Å². The highest BCUT2D eigenvalue weighted by molar-refractivity contribution is 5.77. The van der Waals surface area contributed by atoms with Gasteiger partial charge in [-0.2, -0.15) is 0 Å². The molecule has 0 amide bonds. The number of nitrogens with one attached hydrogen (secondary N) is 1. The summed E-state index contributed by atoms with van der Waals surface area (Å²) in [7, 11) is 0. The standard InChI is InChI=1S/C20H25NO5/c1-16(22)14-25-20-9-7-19(8-10-20)24-12-11-21-13-17(23)15-26-18-5-3-2-4-6-18/h2-10,17,21,23H,11-15H2,1H3. The zero-order valence-electron chi connectivity index (χ0n) is 14.9. The first-order valence-corrected chi connectivity index (χ1v) is 8.55. The molecule has 0 fully saturated rings. The molecule has 6 nitrogen and oxygen atoms in total. The first-order chi connectivity index (χ1) is 12.6. The second kappa shape index (κ2) is 11.1. The number of carbonyl (C=O) groups is 1. The number of aliphatic hydroxyl groups excluding tert-OH is 1. The average Bonchev–Trinajstić information content (AvgIpc) is 2.66. The van der Waals surface area contributed by atoms with Crippen molar-refractivity contribution in [3.8, 4) is 17.2 Å². The molecule has 2 aromatic carbocycles. The van der Waals surface area contributed by atoms with E-state index in [1.54, 1.807) is 24.3 Å². The second-order valence-corrected chi connectivity index (χ2v) is 5.79. The average molecular weight is 359 g/mol. The van der Waals surface area contributed by atoms with E-state index in [4.69, 9.17) is 14.2 Å². The number of benzene rings is 2. The molecular weight excluding hydrogens is 334 g/mol. The van der Waals surface area contributed by atoms with Gasteiger partial charge in [-0.25, -0.2) is 0 Å². The molecule has 0 bridgehead atoms. The topological polar surface area (TPSA) is 77.0 Å². The van der Waals surface area contributed by atoms with Gasteiger partial charge in [-0.05, 0) is 43.3 Å².